The third-order valence-electron chi connectivity index (χ3n) is 3.92. The van der Waals surface area contributed by atoms with Crippen LogP contribution in [0.3, 0.4) is 0 Å². The first-order chi connectivity index (χ1) is 8.18. The van der Waals surface area contributed by atoms with Gasteiger partial charge in [0.05, 0.1) is 0 Å². The Morgan fingerprint density at radius 1 is 1.06 bits per heavy atom. The molecule has 1 fully saturated rings. The van der Waals surface area contributed by atoms with Crippen molar-refractivity contribution in [1.29, 1.82) is 0 Å². The molecule has 1 saturated carbocycles. The second kappa shape index (κ2) is 5.44. The third kappa shape index (κ3) is 2.93. The fourth-order valence-electron chi connectivity index (χ4n) is 2.71. The lowest BCUT2D eigenvalue weighted by Gasteiger charge is -2.21. The zero-order valence-corrected chi connectivity index (χ0v) is 11.1. The van der Waals surface area contributed by atoms with E-state index in [4.69, 9.17) is 5.73 Å². The Labute approximate surface area is 105 Å². The highest BCUT2D eigenvalue weighted by Gasteiger charge is 2.14. The van der Waals surface area contributed by atoms with Crippen molar-refractivity contribution in [1.82, 2.24) is 0 Å². The molecule has 3 N–H and O–H groups in total. The lowest BCUT2D eigenvalue weighted by Crippen LogP contribution is -2.19. The molecule has 2 rings (SSSR count). The first-order valence-corrected chi connectivity index (χ1v) is 6.80. The van der Waals surface area contributed by atoms with Gasteiger partial charge in [0.2, 0.25) is 0 Å². The van der Waals surface area contributed by atoms with Gasteiger partial charge in [-0.15, -0.1) is 0 Å². The number of aryl methyl sites for hydroxylation is 1. The molecule has 0 aliphatic heterocycles. The first-order valence-electron chi connectivity index (χ1n) is 6.80. The number of nitrogen functional groups attached to an aromatic ring is 1. The van der Waals surface area contributed by atoms with Crippen LogP contribution in [-0.2, 0) is 0 Å². The van der Waals surface area contributed by atoms with E-state index in [2.05, 4.69) is 25.2 Å². The van der Waals surface area contributed by atoms with E-state index in [1.807, 2.05) is 6.07 Å². The summed E-state index contributed by atoms with van der Waals surface area (Å²) in [7, 11) is 0. The lowest BCUT2D eigenvalue weighted by atomic mass is 10.0. The first kappa shape index (κ1) is 12.3. The van der Waals surface area contributed by atoms with Gasteiger partial charge >= 0.3 is 0 Å². The molecular formula is C15H24N2. The standard InChI is InChI=1S/C15H24N2/c1-11-9-10-14(16)12(2)15(11)17-13-7-5-3-4-6-8-13/h9-10,13,17H,3-8,16H2,1-2H3. The highest BCUT2D eigenvalue weighted by Crippen LogP contribution is 2.28. The molecule has 17 heavy (non-hydrogen) atoms. The van der Waals surface area contributed by atoms with Crippen LogP contribution in [0.15, 0.2) is 12.1 Å². The van der Waals surface area contributed by atoms with Crippen molar-refractivity contribution in [3.05, 3.63) is 23.3 Å². The Hall–Kier alpha value is -1.18. The molecule has 0 aromatic heterocycles. The maximum absolute atomic E-state index is 5.99. The summed E-state index contributed by atoms with van der Waals surface area (Å²) in [4.78, 5) is 0. The lowest BCUT2D eigenvalue weighted by molar-refractivity contribution is 0.619. The largest absolute Gasteiger partial charge is 0.398 e. The summed E-state index contributed by atoms with van der Waals surface area (Å²) in [5.41, 5.74) is 10.7. The van der Waals surface area contributed by atoms with Gasteiger partial charge in [-0.3, -0.25) is 0 Å². The predicted octanol–water partition coefficient (Wildman–Crippen LogP) is 4.02. The molecule has 1 aromatic rings. The third-order valence-corrected chi connectivity index (χ3v) is 3.92. The molecule has 0 heterocycles. The summed E-state index contributed by atoms with van der Waals surface area (Å²) in [6.07, 6.45) is 8.11. The van der Waals surface area contributed by atoms with E-state index in [0.29, 0.717) is 6.04 Å². The summed E-state index contributed by atoms with van der Waals surface area (Å²) in [5, 5.41) is 3.72. The van der Waals surface area contributed by atoms with Crippen LogP contribution in [0, 0.1) is 13.8 Å². The summed E-state index contributed by atoms with van der Waals surface area (Å²) in [6.45, 7) is 4.27. The maximum Gasteiger partial charge on any atom is 0.0422 e. The smallest absolute Gasteiger partial charge is 0.0422 e. The average molecular weight is 232 g/mol. The van der Waals surface area contributed by atoms with E-state index < -0.39 is 0 Å². The van der Waals surface area contributed by atoms with E-state index in [9.17, 15) is 0 Å². The second-order valence-corrected chi connectivity index (χ2v) is 5.30. The molecule has 0 bridgehead atoms. The minimum Gasteiger partial charge on any atom is -0.398 e. The molecule has 0 saturated heterocycles. The maximum atomic E-state index is 5.99. The van der Waals surface area contributed by atoms with Crippen molar-refractivity contribution in [2.45, 2.75) is 58.4 Å². The number of nitrogens with two attached hydrogens (primary N) is 1. The SMILES string of the molecule is Cc1ccc(N)c(C)c1NC1CCCCCC1. The van der Waals surface area contributed by atoms with Crippen LogP contribution in [-0.4, -0.2) is 6.04 Å². The summed E-state index contributed by atoms with van der Waals surface area (Å²) >= 11 is 0. The Morgan fingerprint density at radius 2 is 1.71 bits per heavy atom. The van der Waals surface area contributed by atoms with Crippen molar-refractivity contribution < 1.29 is 0 Å². The van der Waals surface area contributed by atoms with Crippen molar-refractivity contribution in [3.63, 3.8) is 0 Å². The Balaban J connectivity index is 2.14. The normalized spacial score (nSPS) is 17.8. The molecule has 0 spiro atoms. The van der Waals surface area contributed by atoms with Crippen molar-refractivity contribution in [3.8, 4) is 0 Å². The quantitative estimate of drug-likeness (QED) is 0.597. The minimum absolute atomic E-state index is 0.636. The number of hydrogen-bond donors (Lipinski definition) is 2. The highest BCUT2D eigenvalue weighted by atomic mass is 14.9. The zero-order valence-electron chi connectivity index (χ0n) is 11.1. The van der Waals surface area contributed by atoms with Gasteiger partial charge in [0.25, 0.3) is 0 Å². The van der Waals surface area contributed by atoms with E-state index in [1.165, 1.54) is 55.3 Å². The number of anilines is 2. The van der Waals surface area contributed by atoms with Gasteiger partial charge in [0, 0.05) is 17.4 Å². The van der Waals surface area contributed by atoms with Gasteiger partial charge in [-0.05, 0) is 43.9 Å². The van der Waals surface area contributed by atoms with E-state index in [0.717, 1.165) is 5.69 Å². The van der Waals surface area contributed by atoms with Crippen LogP contribution in [0.25, 0.3) is 0 Å². The zero-order chi connectivity index (χ0) is 12.3. The second-order valence-electron chi connectivity index (χ2n) is 5.30. The summed E-state index contributed by atoms with van der Waals surface area (Å²) < 4.78 is 0. The average Bonchev–Trinajstić information content (AvgIpc) is 2.58. The van der Waals surface area contributed by atoms with Gasteiger partial charge in [0.15, 0.2) is 0 Å². The van der Waals surface area contributed by atoms with Crippen LogP contribution >= 0.6 is 0 Å². The minimum atomic E-state index is 0.636. The topological polar surface area (TPSA) is 38.0 Å². The molecule has 1 aromatic carbocycles. The summed E-state index contributed by atoms with van der Waals surface area (Å²) in [6, 6.07) is 4.75. The number of hydrogen-bond acceptors (Lipinski definition) is 2. The van der Waals surface area contributed by atoms with Gasteiger partial charge in [-0.2, -0.15) is 0 Å². The van der Waals surface area contributed by atoms with Crippen LogP contribution in [0.4, 0.5) is 11.4 Å². The van der Waals surface area contributed by atoms with Crippen LogP contribution < -0.4 is 11.1 Å². The molecule has 2 heteroatoms. The van der Waals surface area contributed by atoms with E-state index in [1.54, 1.807) is 0 Å². The van der Waals surface area contributed by atoms with Crippen LogP contribution in [0.2, 0.25) is 0 Å². The van der Waals surface area contributed by atoms with Crippen molar-refractivity contribution in [2.75, 3.05) is 11.1 Å². The monoisotopic (exact) mass is 232 g/mol. The van der Waals surface area contributed by atoms with Crippen LogP contribution in [0.1, 0.15) is 49.7 Å². The van der Waals surface area contributed by atoms with Gasteiger partial charge < -0.3 is 11.1 Å². The highest BCUT2D eigenvalue weighted by molar-refractivity contribution is 5.67. The Morgan fingerprint density at radius 3 is 2.35 bits per heavy atom. The van der Waals surface area contributed by atoms with Crippen LogP contribution in [0.5, 0.6) is 0 Å². The molecule has 0 unspecified atom stereocenters. The predicted molar refractivity (Wildman–Crippen MR) is 75.4 cm³/mol. The van der Waals surface area contributed by atoms with Crippen molar-refractivity contribution in [2.24, 2.45) is 0 Å². The molecule has 1 aliphatic carbocycles. The number of nitrogens with one attached hydrogen (secondary N) is 1. The molecule has 94 valence electrons. The Bertz CT molecular complexity index is 377. The van der Waals surface area contributed by atoms with Crippen molar-refractivity contribution >= 4 is 11.4 Å². The number of rotatable bonds is 2. The number of benzene rings is 1. The van der Waals surface area contributed by atoms with Gasteiger partial charge in [0.1, 0.15) is 0 Å². The van der Waals surface area contributed by atoms with E-state index >= 15 is 0 Å². The fraction of sp³-hybridized carbons (Fsp3) is 0.600. The molecule has 2 nitrogen and oxygen atoms in total. The Kier molecular flexibility index (Phi) is 3.93. The van der Waals surface area contributed by atoms with E-state index in [-0.39, 0.29) is 0 Å². The molecule has 0 radical (unpaired) electrons. The molecular weight excluding hydrogens is 208 g/mol. The summed E-state index contributed by atoms with van der Waals surface area (Å²) in [5.74, 6) is 0. The van der Waals surface area contributed by atoms with Gasteiger partial charge in [-0.1, -0.05) is 31.7 Å². The molecule has 0 atom stereocenters. The molecule has 1 aliphatic rings. The fourth-order valence-corrected chi connectivity index (χ4v) is 2.71. The molecule has 0 amide bonds. The van der Waals surface area contributed by atoms with Gasteiger partial charge in [-0.25, -0.2) is 0 Å².